The van der Waals surface area contributed by atoms with Gasteiger partial charge in [0.05, 0.1) is 29.9 Å². The molecule has 0 spiro atoms. The number of likely N-dealkylation sites (N-methyl/N-ethyl adjacent to an activating group) is 1. The highest BCUT2D eigenvalue weighted by molar-refractivity contribution is 6.05. The van der Waals surface area contributed by atoms with Gasteiger partial charge < -0.3 is 5.32 Å². The fraction of sp³-hybridized carbons (Fsp3) is 0.333. The van der Waals surface area contributed by atoms with Crippen molar-refractivity contribution in [3.05, 3.63) is 59.7 Å². The van der Waals surface area contributed by atoms with Crippen LogP contribution in [0.2, 0.25) is 0 Å². The first-order valence-electron chi connectivity index (χ1n) is 9.48. The molecule has 0 aromatic heterocycles. The normalized spacial score (nSPS) is 17.1. The number of anilines is 2. The number of amides is 2. The van der Waals surface area contributed by atoms with E-state index in [4.69, 9.17) is 0 Å². The van der Waals surface area contributed by atoms with Gasteiger partial charge in [-0.25, -0.2) is 0 Å². The van der Waals surface area contributed by atoms with E-state index in [1.54, 1.807) is 0 Å². The standard InChI is InChI=1S/C21H19F6N3O2/c1-29(11-13-6-8-14(9-7-13)20(22,23)24)12-19(32)30-16-5-3-2-4-15(16)28-18(31)10-17(30)21(25,26)27/h2-9,17H,10-12H2,1H3,(H,28,31)/t17-/m1/s1. The second-order valence-electron chi connectivity index (χ2n) is 7.46. The van der Waals surface area contributed by atoms with Gasteiger partial charge in [0.1, 0.15) is 6.04 Å². The molecule has 0 aliphatic carbocycles. The molecule has 1 aliphatic rings. The molecule has 2 amide bonds. The highest BCUT2D eigenvalue weighted by atomic mass is 19.4. The number of rotatable bonds is 4. The van der Waals surface area contributed by atoms with Crippen molar-refractivity contribution in [2.24, 2.45) is 0 Å². The van der Waals surface area contributed by atoms with Gasteiger partial charge in [-0.15, -0.1) is 0 Å². The molecule has 3 rings (SSSR count). The topological polar surface area (TPSA) is 52.7 Å². The van der Waals surface area contributed by atoms with E-state index in [-0.39, 0.29) is 17.9 Å². The summed E-state index contributed by atoms with van der Waals surface area (Å²) in [5, 5.41) is 2.38. The number of benzene rings is 2. The Kier molecular flexibility index (Phi) is 6.49. The van der Waals surface area contributed by atoms with Crippen LogP contribution in [0, 0.1) is 0 Å². The number of hydrogen-bond donors (Lipinski definition) is 1. The maximum Gasteiger partial charge on any atom is 0.416 e. The summed E-state index contributed by atoms with van der Waals surface area (Å²) in [6.45, 7) is -0.413. The van der Waals surface area contributed by atoms with E-state index in [1.165, 1.54) is 48.3 Å². The minimum atomic E-state index is -4.85. The molecule has 11 heteroatoms. The third-order valence-electron chi connectivity index (χ3n) is 4.91. The summed E-state index contributed by atoms with van der Waals surface area (Å²) in [7, 11) is 1.46. The first-order valence-corrected chi connectivity index (χ1v) is 9.48. The van der Waals surface area contributed by atoms with Crippen LogP contribution in [-0.2, 0) is 22.3 Å². The molecule has 2 aromatic carbocycles. The maximum absolute atomic E-state index is 13.7. The van der Waals surface area contributed by atoms with Crippen molar-refractivity contribution in [2.45, 2.75) is 31.4 Å². The average molecular weight is 459 g/mol. The van der Waals surface area contributed by atoms with E-state index in [2.05, 4.69) is 5.32 Å². The molecule has 0 saturated heterocycles. The molecule has 1 heterocycles. The first-order chi connectivity index (χ1) is 14.9. The fourth-order valence-electron chi connectivity index (χ4n) is 3.47. The van der Waals surface area contributed by atoms with E-state index >= 15 is 0 Å². The Morgan fingerprint density at radius 3 is 2.28 bits per heavy atom. The molecule has 0 fully saturated rings. The number of nitrogens with zero attached hydrogens (tertiary/aromatic N) is 2. The lowest BCUT2D eigenvalue weighted by atomic mass is 10.1. The van der Waals surface area contributed by atoms with Crippen molar-refractivity contribution in [2.75, 3.05) is 23.8 Å². The van der Waals surface area contributed by atoms with E-state index in [1.807, 2.05) is 0 Å². The van der Waals surface area contributed by atoms with Gasteiger partial charge in [0, 0.05) is 6.54 Å². The zero-order valence-electron chi connectivity index (χ0n) is 16.8. The van der Waals surface area contributed by atoms with Crippen LogP contribution in [0.15, 0.2) is 48.5 Å². The number of fused-ring (bicyclic) bond motifs is 1. The Morgan fingerprint density at radius 2 is 1.69 bits per heavy atom. The lowest BCUT2D eigenvalue weighted by Crippen LogP contribution is -2.52. The van der Waals surface area contributed by atoms with Crippen LogP contribution in [0.1, 0.15) is 17.5 Å². The van der Waals surface area contributed by atoms with Crippen molar-refractivity contribution < 1.29 is 35.9 Å². The largest absolute Gasteiger partial charge is 0.416 e. The molecule has 1 aliphatic heterocycles. The third-order valence-corrected chi connectivity index (χ3v) is 4.91. The molecular weight excluding hydrogens is 440 g/mol. The fourth-order valence-corrected chi connectivity index (χ4v) is 3.47. The quantitative estimate of drug-likeness (QED) is 0.688. The number of nitrogens with one attached hydrogen (secondary N) is 1. The summed E-state index contributed by atoms with van der Waals surface area (Å²) < 4.78 is 79.3. The van der Waals surface area contributed by atoms with E-state index < -0.39 is 48.7 Å². The first kappa shape index (κ1) is 23.6. The Labute approximate surface area is 179 Å². The van der Waals surface area contributed by atoms with E-state index in [0.29, 0.717) is 10.5 Å². The SMILES string of the molecule is CN(CC(=O)N1c2ccccc2NC(=O)C[C@@H]1C(F)(F)F)Cc1ccc(C(F)(F)F)cc1. The van der Waals surface area contributed by atoms with Crippen LogP contribution in [0.25, 0.3) is 0 Å². The molecule has 0 bridgehead atoms. The maximum atomic E-state index is 13.7. The van der Waals surface area contributed by atoms with E-state index in [9.17, 15) is 35.9 Å². The molecule has 1 N–H and O–H groups in total. The van der Waals surface area contributed by atoms with Crippen LogP contribution in [0.3, 0.4) is 0 Å². The molecule has 32 heavy (non-hydrogen) atoms. The summed E-state index contributed by atoms with van der Waals surface area (Å²) in [6.07, 6.45) is -10.3. The van der Waals surface area contributed by atoms with Crippen molar-refractivity contribution in [3.63, 3.8) is 0 Å². The minimum Gasteiger partial charge on any atom is -0.324 e. The van der Waals surface area contributed by atoms with Gasteiger partial charge in [-0.1, -0.05) is 24.3 Å². The summed E-state index contributed by atoms with van der Waals surface area (Å²) in [6, 6.07) is 7.62. The van der Waals surface area contributed by atoms with Gasteiger partial charge in [-0.3, -0.25) is 19.4 Å². The summed E-state index contributed by atoms with van der Waals surface area (Å²) in [5.41, 5.74) is -0.364. The lowest BCUT2D eigenvalue weighted by Gasteiger charge is -2.33. The lowest BCUT2D eigenvalue weighted by molar-refractivity contribution is -0.158. The third kappa shape index (κ3) is 5.39. The number of alkyl halides is 6. The summed E-state index contributed by atoms with van der Waals surface area (Å²) in [4.78, 5) is 26.9. The zero-order valence-corrected chi connectivity index (χ0v) is 16.8. The van der Waals surface area contributed by atoms with Crippen molar-refractivity contribution >= 4 is 23.2 Å². The number of halogens is 6. The van der Waals surface area contributed by atoms with Gasteiger partial charge >= 0.3 is 12.4 Å². The van der Waals surface area contributed by atoms with Crippen molar-refractivity contribution in [1.82, 2.24) is 4.90 Å². The van der Waals surface area contributed by atoms with E-state index in [0.717, 1.165) is 12.1 Å². The second kappa shape index (κ2) is 8.81. The number of para-hydroxylation sites is 2. The molecule has 5 nitrogen and oxygen atoms in total. The van der Waals surface area contributed by atoms with Crippen LogP contribution in [0.4, 0.5) is 37.7 Å². The number of hydrogen-bond acceptors (Lipinski definition) is 3. The molecule has 172 valence electrons. The average Bonchev–Trinajstić information content (AvgIpc) is 2.83. The summed E-state index contributed by atoms with van der Waals surface area (Å²) in [5.74, 6) is -1.76. The Hall–Kier alpha value is -3.08. The van der Waals surface area contributed by atoms with Crippen molar-refractivity contribution in [1.29, 1.82) is 0 Å². The number of carbonyl (C=O) groups excluding carboxylic acids is 2. The highest BCUT2D eigenvalue weighted by Gasteiger charge is 2.49. The molecule has 2 aromatic rings. The second-order valence-corrected chi connectivity index (χ2v) is 7.46. The molecular formula is C21H19F6N3O2. The monoisotopic (exact) mass is 459 g/mol. The zero-order chi connectivity index (χ0) is 23.7. The van der Waals surface area contributed by atoms with Gasteiger partial charge in [-0.05, 0) is 36.9 Å². The van der Waals surface area contributed by atoms with Crippen LogP contribution in [0.5, 0.6) is 0 Å². The van der Waals surface area contributed by atoms with Crippen LogP contribution >= 0.6 is 0 Å². The van der Waals surface area contributed by atoms with Crippen LogP contribution < -0.4 is 10.2 Å². The minimum absolute atomic E-state index is 0.0349. The molecule has 0 radical (unpaired) electrons. The smallest absolute Gasteiger partial charge is 0.324 e. The van der Waals surface area contributed by atoms with Gasteiger partial charge in [-0.2, -0.15) is 26.3 Å². The number of carbonyl (C=O) groups is 2. The highest BCUT2D eigenvalue weighted by Crippen LogP contribution is 2.37. The summed E-state index contributed by atoms with van der Waals surface area (Å²) >= 11 is 0. The Morgan fingerprint density at radius 1 is 1.06 bits per heavy atom. The predicted octanol–water partition coefficient (Wildman–Crippen LogP) is 4.44. The Bertz CT molecular complexity index is 988. The molecule has 1 atom stereocenters. The van der Waals surface area contributed by atoms with Gasteiger partial charge in [0.2, 0.25) is 11.8 Å². The van der Waals surface area contributed by atoms with Crippen molar-refractivity contribution in [3.8, 4) is 0 Å². The predicted molar refractivity (Wildman–Crippen MR) is 105 cm³/mol. The van der Waals surface area contributed by atoms with Crippen LogP contribution in [-0.4, -0.2) is 42.5 Å². The van der Waals surface area contributed by atoms with Gasteiger partial charge in [0.25, 0.3) is 0 Å². The molecule has 0 unspecified atom stereocenters. The van der Waals surface area contributed by atoms with Gasteiger partial charge in [0.15, 0.2) is 0 Å². The Balaban J connectivity index is 1.81. The molecule has 0 saturated carbocycles.